The van der Waals surface area contributed by atoms with Crippen LogP contribution in [0.1, 0.15) is 45.6 Å². The number of carbonyl (C=O) groups is 1. The molecule has 0 spiro atoms. The Bertz CT molecular complexity index is 959. The molecule has 1 amide bonds. The summed E-state index contributed by atoms with van der Waals surface area (Å²) in [5, 5.41) is 3.00. The second kappa shape index (κ2) is 9.83. The molecule has 0 aromatic heterocycles. The Balaban J connectivity index is 1.46. The van der Waals surface area contributed by atoms with E-state index in [-0.39, 0.29) is 23.8 Å². The standard InChI is InChI=1S/C24H32N2O4S/c1-24(2,3)19-9-11-22(12-10-19)31(28,29)26-16-13-20(14-17-26)25-23(27)15-18-30-21-7-5-4-6-8-21/h4-12,20H,13-18H2,1-3H3,(H,25,27). The fourth-order valence-corrected chi connectivity index (χ4v) is 5.06. The summed E-state index contributed by atoms with van der Waals surface area (Å²) in [5.41, 5.74) is 1.08. The summed E-state index contributed by atoms with van der Waals surface area (Å²) in [5.74, 6) is 0.666. The largest absolute Gasteiger partial charge is 0.493 e. The van der Waals surface area contributed by atoms with Gasteiger partial charge in [-0.2, -0.15) is 4.31 Å². The number of hydrogen-bond donors (Lipinski definition) is 1. The van der Waals surface area contributed by atoms with E-state index in [1.807, 2.05) is 42.5 Å². The number of sulfonamides is 1. The summed E-state index contributed by atoms with van der Waals surface area (Å²) >= 11 is 0. The second-order valence-electron chi connectivity index (χ2n) is 8.93. The zero-order valence-electron chi connectivity index (χ0n) is 18.5. The van der Waals surface area contributed by atoms with Gasteiger partial charge in [-0.05, 0) is 48.1 Å². The van der Waals surface area contributed by atoms with E-state index in [0.29, 0.717) is 37.4 Å². The Morgan fingerprint density at radius 3 is 2.23 bits per heavy atom. The van der Waals surface area contributed by atoms with Crippen LogP contribution in [0.5, 0.6) is 5.75 Å². The minimum Gasteiger partial charge on any atom is -0.493 e. The molecule has 2 aromatic rings. The van der Waals surface area contributed by atoms with Crippen molar-refractivity contribution in [1.82, 2.24) is 9.62 Å². The molecule has 1 heterocycles. The van der Waals surface area contributed by atoms with Gasteiger partial charge in [-0.3, -0.25) is 4.79 Å². The average Bonchev–Trinajstić information content (AvgIpc) is 2.74. The highest BCUT2D eigenvalue weighted by atomic mass is 32.2. The number of hydrogen-bond acceptors (Lipinski definition) is 4. The van der Waals surface area contributed by atoms with Crippen LogP contribution in [0.4, 0.5) is 0 Å². The quantitative estimate of drug-likeness (QED) is 0.706. The van der Waals surface area contributed by atoms with Gasteiger partial charge in [0.1, 0.15) is 5.75 Å². The average molecular weight is 445 g/mol. The smallest absolute Gasteiger partial charge is 0.243 e. The van der Waals surface area contributed by atoms with Crippen LogP contribution in [0.3, 0.4) is 0 Å². The van der Waals surface area contributed by atoms with Crippen LogP contribution in [-0.4, -0.2) is 44.4 Å². The van der Waals surface area contributed by atoms with Crippen molar-refractivity contribution in [3.8, 4) is 5.75 Å². The molecule has 0 radical (unpaired) electrons. The molecule has 0 aliphatic carbocycles. The Labute approximate surface area is 185 Å². The molecule has 31 heavy (non-hydrogen) atoms. The molecule has 6 nitrogen and oxygen atoms in total. The van der Waals surface area contributed by atoms with E-state index >= 15 is 0 Å². The molecule has 0 saturated carbocycles. The van der Waals surface area contributed by atoms with Crippen molar-refractivity contribution >= 4 is 15.9 Å². The van der Waals surface area contributed by atoms with Gasteiger partial charge in [0.25, 0.3) is 0 Å². The van der Waals surface area contributed by atoms with Crippen molar-refractivity contribution in [2.45, 2.75) is 56.4 Å². The summed E-state index contributed by atoms with van der Waals surface area (Å²) in [4.78, 5) is 12.5. The Morgan fingerprint density at radius 2 is 1.65 bits per heavy atom. The molecule has 168 valence electrons. The van der Waals surface area contributed by atoms with Gasteiger partial charge in [-0.15, -0.1) is 0 Å². The maximum atomic E-state index is 13.0. The Kier molecular flexibility index (Phi) is 7.38. The summed E-state index contributed by atoms with van der Waals surface area (Å²) in [6.45, 7) is 7.41. The first-order valence-corrected chi connectivity index (χ1v) is 12.2. The fraction of sp³-hybridized carbons (Fsp3) is 0.458. The van der Waals surface area contributed by atoms with Gasteiger partial charge in [-0.25, -0.2) is 8.42 Å². The van der Waals surface area contributed by atoms with Crippen LogP contribution in [-0.2, 0) is 20.2 Å². The molecule has 7 heteroatoms. The van der Waals surface area contributed by atoms with Crippen molar-refractivity contribution in [2.24, 2.45) is 0 Å². The van der Waals surface area contributed by atoms with Crippen molar-refractivity contribution in [1.29, 1.82) is 0 Å². The third-order valence-corrected chi connectivity index (χ3v) is 7.43. The third kappa shape index (κ3) is 6.31. The van der Waals surface area contributed by atoms with Gasteiger partial charge in [0, 0.05) is 19.1 Å². The zero-order valence-corrected chi connectivity index (χ0v) is 19.3. The normalized spacial score (nSPS) is 16.1. The molecule has 1 aliphatic rings. The van der Waals surface area contributed by atoms with Gasteiger partial charge in [0.15, 0.2) is 0 Å². The third-order valence-electron chi connectivity index (χ3n) is 5.52. The van der Waals surface area contributed by atoms with E-state index in [1.165, 1.54) is 4.31 Å². The molecule has 0 unspecified atom stereocenters. The van der Waals surface area contributed by atoms with E-state index in [1.54, 1.807) is 12.1 Å². The number of nitrogens with zero attached hydrogens (tertiary/aromatic N) is 1. The van der Waals surface area contributed by atoms with Gasteiger partial charge in [-0.1, -0.05) is 51.1 Å². The molecule has 0 atom stereocenters. The second-order valence-corrected chi connectivity index (χ2v) is 10.9. The topological polar surface area (TPSA) is 75.7 Å². The first kappa shape index (κ1) is 23.3. The highest BCUT2D eigenvalue weighted by molar-refractivity contribution is 7.89. The van der Waals surface area contributed by atoms with Gasteiger partial charge >= 0.3 is 0 Å². The molecule has 2 aromatic carbocycles. The van der Waals surface area contributed by atoms with Crippen LogP contribution in [0.2, 0.25) is 0 Å². The molecule has 3 rings (SSSR count). The minimum atomic E-state index is -3.52. The van der Waals surface area contributed by atoms with E-state index < -0.39 is 10.0 Å². The van der Waals surface area contributed by atoms with Crippen molar-refractivity contribution < 1.29 is 17.9 Å². The number of nitrogens with one attached hydrogen (secondary N) is 1. The maximum Gasteiger partial charge on any atom is 0.243 e. The lowest BCUT2D eigenvalue weighted by Gasteiger charge is -2.31. The number of piperidine rings is 1. The van der Waals surface area contributed by atoms with Crippen LogP contribution in [0.15, 0.2) is 59.5 Å². The van der Waals surface area contributed by atoms with E-state index in [4.69, 9.17) is 4.74 Å². The molecular formula is C24H32N2O4S. The number of rotatable bonds is 7. The zero-order chi connectivity index (χ0) is 22.5. The highest BCUT2D eigenvalue weighted by Crippen LogP contribution is 2.26. The minimum absolute atomic E-state index is 0.0149. The summed E-state index contributed by atoms with van der Waals surface area (Å²) in [7, 11) is -3.52. The van der Waals surface area contributed by atoms with Crippen LogP contribution in [0.25, 0.3) is 0 Å². The SMILES string of the molecule is CC(C)(C)c1ccc(S(=O)(=O)N2CCC(NC(=O)CCOc3ccccc3)CC2)cc1. The molecular weight excluding hydrogens is 412 g/mol. The number of benzene rings is 2. The fourth-order valence-electron chi connectivity index (χ4n) is 3.59. The molecule has 1 N–H and O–H groups in total. The maximum absolute atomic E-state index is 13.0. The van der Waals surface area contributed by atoms with Gasteiger partial charge in [0.05, 0.1) is 17.9 Å². The molecule has 1 aliphatic heterocycles. The Morgan fingerprint density at radius 1 is 1.03 bits per heavy atom. The predicted molar refractivity (Wildman–Crippen MR) is 122 cm³/mol. The first-order valence-electron chi connectivity index (χ1n) is 10.7. The molecule has 1 fully saturated rings. The van der Waals surface area contributed by atoms with E-state index in [2.05, 4.69) is 26.1 Å². The number of carbonyl (C=O) groups excluding carboxylic acids is 1. The van der Waals surface area contributed by atoms with E-state index in [0.717, 1.165) is 11.3 Å². The van der Waals surface area contributed by atoms with Crippen LogP contribution < -0.4 is 10.1 Å². The molecule has 0 bridgehead atoms. The van der Waals surface area contributed by atoms with Crippen LogP contribution >= 0.6 is 0 Å². The summed E-state index contributed by atoms with van der Waals surface area (Å²) in [6, 6.07) is 16.5. The molecule has 1 saturated heterocycles. The summed E-state index contributed by atoms with van der Waals surface area (Å²) < 4.78 is 33.0. The van der Waals surface area contributed by atoms with Crippen molar-refractivity contribution in [3.63, 3.8) is 0 Å². The summed E-state index contributed by atoms with van der Waals surface area (Å²) in [6.07, 6.45) is 1.47. The monoisotopic (exact) mass is 444 g/mol. The number of amides is 1. The van der Waals surface area contributed by atoms with Crippen LogP contribution in [0, 0.1) is 0 Å². The lowest BCUT2D eigenvalue weighted by atomic mass is 9.87. The highest BCUT2D eigenvalue weighted by Gasteiger charge is 2.30. The lowest BCUT2D eigenvalue weighted by Crippen LogP contribution is -2.46. The van der Waals surface area contributed by atoms with Crippen molar-refractivity contribution in [3.05, 3.63) is 60.2 Å². The van der Waals surface area contributed by atoms with E-state index in [9.17, 15) is 13.2 Å². The Hall–Kier alpha value is -2.38. The van der Waals surface area contributed by atoms with Gasteiger partial charge < -0.3 is 10.1 Å². The first-order chi connectivity index (χ1) is 14.7. The number of ether oxygens (including phenoxy) is 1. The lowest BCUT2D eigenvalue weighted by molar-refractivity contribution is -0.122. The number of para-hydroxylation sites is 1. The predicted octanol–water partition coefficient (Wildman–Crippen LogP) is 3.72. The van der Waals surface area contributed by atoms with Crippen molar-refractivity contribution in [2.75, 3.05) is 19.7 Å². The van der Waals surface area contributed by atoms with Gasteiger partial charge in [0.2, 0.25) is 15.9 Å².